The molecule has 7 nitrogen and oxygen atoms in total. The number of nitrogens with zero attached hydrogens (tertiary/aromatic N) is 4. The van der Waals surface area contributed by atoms with Crippen molar-refractivity contribution in [2.75, 3.05) is 56.6 Å². The van der Waals surface area contributed by atoms with E-state index in [1.54, 1.807) is 11.8 Å². The summed E-state index contributed by atoms with van der Waals surface area (Å²) in [6.45, 7) is 4.60. The zero-order chi connectivity index (χ0) is 18.8. The molecule has 0 spiro atoms. The molecule has 0 unspecified atom stereocenters. The van der Waals surface area contributed by atoms with Crippen LogP contribution in [0.1, 0.15) is 6.92 Å². The van der Waals surface area contributed by atoms with E-state index in [2.05, 4.69) is 6.07 Å². The molecule has 3 rings (SSSR count). The van der Waals surface area contributed by atoms with Gasteiger partial charge in [-0.2, -0.15) is 5.26 Å². The van der Waals surface area contributed by atoms with Crippen molar-refractivity contribution in [2.24, 2.45) is 0 Å². The molecular weight excluding hydrogens is 330 g/mol. The number of nitrogens with one attached hydrogen (secondary N) is 1. The number of hydrogen-bond donors (Lipinski definition) is 1. The molecule has 26 heavy (non-hydrogen) atoms. The van der Waals surface area contributed by atoms with Crippen molar-refractivity contribution < 1.29 is 14.5 Å². The van der Waals surface area contributed by atoms with Gasteiger partial charge in [-0.15, -0.1) is 0 Å². The average molecular weight is 354 g/mol. The monoisotopic (exact) mass is 354 g/mol. The van der Waals surface area contributed by atoms with E-state index in [9.17, 15) is 14.9 Å². The van der Waals surface area contributed by atoms with E-state index in [-0.39, 0.29) is 23.8 Å². The van der Waals surface area contributed by atoms with Gasteiger partial charge in [0.05, 0.1) is 37.6 Å². The van der Waals surface area contributed by atoms with Crippen LogP contribution in [0.15, 0.2) is 35.7 Å². The van der Waals surface area contributed by atoms with Crippen molar-refractivity contribution in [1.29, 1.82) is 5.26 Å². The highest BCUT2D eigenvalue weighted by molar-refractivity contribution is 6.03. The van der Waals surface area contributed by atoms with Gasteiger partial charge in [-0.05, 0) is 12.1 Å². The summed E-state index contributed by atoms with van der Waals surface area (Å²) in [6, 6.07) is 9.96. The molecule has 0 saturated carbocycles. The zero-order valence-electron chi connectivity index (χ0n) is 15.5. The van der Waals surface area contributed by atoms with Gasteiger partial charge in [0.25, 0.3) is 0 Å². The van der Waals surface area contributed by atoms with Crippen molar-refractivity contribution in [1.82, 2.24) is 4.90 Å². The molecule has 2 aliphatic rings. The summed E-state index contributed by atoms with van der Waals surface area (Å²) < 4.78 is 0. The highest BCUT2D eigenvalue weighted by Crippen LogP contribution is 2.40. The van der Waals surface area contributed by atoms with E-state index in [1.807, 2.05) is 48.2 Å². The largest absolute Gasteiger partial charge is 0.332 e. The zero-order valence-corrected chi connectivity index (χ0v) is 15.5. The number of quaternary nitrogens is 1. The van der Waals surface area contributed by atoms with Gasteiger partial charge in [0.15, 0.2) is 0 Å². The van der Waals surface area contributed by atoms with E-state index in [0.29, 0.717) is 18.9 Å². The number of amides is 1. The number of para-hydroxylation sites is 2. The molecule has 1 amide bonds. The van der Waals surface area contributed by atoms with Crippen LogP contribution in [0.4, 0.5) is 11.4 Å². The Labute approximate surface area is 153 Å². The first-order valence-corrected chi connectivity index (χ1v) is 8.77. The number of anilines is 2. The van der Waals surface area contributed by atoms with Crippen molar-refractivity contribution in [2.45, 2.75) is 6.92 Å². The number of benzene rings is 1. The SMILES string of the molecule is CC(=O)N1CC[NH+](CC(=O)C(C#N)=C2N(C)c3ccccc3N2C)CC1. The van der Waals surface area contributed by atoms with Gasteiger partial charge in [-0.1, -0.05) is 12.1 Å². The number of fused-ring (bicyclic) bond motifs is 1. The Balaban J connectivity index is 1.77. The third kappa shape index (κ3) is 3.16. The number of hydrogen-bond acceptors (Lipinski definition) is 5. The Morgan fingerprint density at radius 3 is 2.12 bits per heavy atom. The molecule has 7 heteroatoms. The Bertz CT molecular complexity index is 771. The Hall–Kier alpha value is -2.85. The van der Waals surface area contributed by atoms with Crippen LogP contribution >= 0.6 is 0 Å². The predicted molar refractivity (Wildman–Crippen MR) is 98.7 cm³/mol. The third-order valence-electron chi connectivity index (χ3n) is 5.18. The number of Topliss-reactive ketones (excluding diaryl/α,β-unsaturated/α-hetero) is 1. The fourth-order valence-corrected chi connectivity index (χ4v) is 3.69. The van der Waals surface area contributed by atoms with Crippen LogP contribution in [0.25, 0.3) is 0 Å². The number of rotatable bonds is 3. The molecule has 0 aromatic heterocycles. The quantitative estimate of drug-likeness (QED) is 0.592. The van der Waals surface area contributed by atoms with Gasteiger partial charge in [-0.3, -0.25) is 9.59 Å². The van der Waals surface area contributed by atoms with Crippen molar-refractivity contribution >= 4 is 23.1 Å². The van der Waals surface area contributed by atoms with E-state index in [0.717, 1.165) is 29.4 Å². The highest BCUT2D eigenvalue weighted by Gasteiger charge is 2.33. The lowest BCUT2D eigenvalue weighted by Crippen LogP contribution is -3.15. The van der Waals surface area contributed by atoms with Gasteiger partial charge in [0, 0.05) is 21.0 Å². The lowest BCUT2D eigenvalue weighted by Gasteiger charge is -2.31. The van der Waals surface area contributed by atoms with Gasteiger partial charge in [-0.25, -0.2) is 0 Å². The van der Waals surface area contributed by atoms with Gasteiger partial charge >= 0.3 is 0 Å². The third-order valence-corrected chi connectivity index (χ3v) is 5.18. The maximum atomic E-state index is 12.9. The van der Waals surface area contributed by atoms with Crippen LogP contribution in [0.3, 0.4) is 0 Å². The van der Waals surface area contributed by atoms with E-state index in [4.69, 9.17) is 0 Å². The molecule has 0 bridgehead atoms. The number of nitriles is 1. The van der Waals surface area contributed by atoms with Gasteiger partial charge in [0.1, 0.15) is 24.0 Å². The van der Waals surface area contributed by atoms with Crippen LogP contribution in [0.2, 0.25) is 0 Å². The van der Waals surface area contributed by atoms with Crippen LogP contribution in [0.5, 0.6) is 0 Å². The average Bonchev–Trinajstić information content (AvgIpc) is 2.88. The maximum absolute atomic E-state index is 12.9. The fraction of sp³-hybridized carbons (Fsp3) is 0.421. The summed E-state index contributed by atoms with van der Waals surface area (Å²) in [5.74, 6) is 0.544. The first kappa shape index (κ1) is 18.0. The summed E-state index contributed by atoms with van der Waals surface area (Å²) in [4.78, 5) is 31.0. The normalized spacial score (nSPS) is 17.2. The number of piperazine rings is 1. The molecule has 2 heterocycles. The van der Waals surface area contributed by atoms with Crippen LogP contribution in [0, 0.1) is 11.3 Å². The smallest absolute Gasteiger partial charge is 0.231 e. The molecule has 1 saturated heterocycles. The molecule has 0 atom stereocenters. The lowest BCUT2D eigenvalue weighted by atomic mass is 10.1. The first-order chi connectivity index (χ1) is 12.4. The molecule has 1 aromatic carbocycles. The number of ketones is 1. The first-order valence-electron chi connectivity index (χ1n) is 8.77. The van der Waals surface area contributed by atoms with E-state index >= 15 is 0 Å². The fourth-order valence-electron chi connectivity index (χ4n) is 3.69. The van der Waals surface area contributed by atoms with Gasteiger partial charge in [0.2, 0.25) is 11.7 Å². The van der Waals surface area contributed by atoms with E-state index < -0.39 is 0 Å². The summed E-state index contributed by atoms with van der Waals surface area (Å²) >= 11 is 0. The number of carbonyl (C=O) groups excluding carboxylic acids is 2. The standard InChI is InChI=1S/C19H23N5O2/c1-14(25)24-10-8-23(9-11-24)13-18(26)15(12-20)19-21(2)16-6-4-5-7-17(16)22(19)3/h4-7H,8-11,13H2,1-3H3/p+1. The summed E-state index contributed by atoms with van der Waals surface area (Å²) in [6.07, 6.45) is 0. The molecule has 0 radical (unpaired) electrons. The molecule has 136 valence electrons. The second-order valence-electron chi connectivity index (χ2n) is 6.77. The highest BCUT2D eigenvalue weighted by atomic mass is 16.2. The summed E-state index contributed by atoms with van der Waals surface area (Å²) in [5, 5.41) is 9.67. The maximum Gasteiger partial charge on any atom is 0.231 e. The second kappa shape index (κ2) is 7.18. The lowest BCUT2D eigenvalue weighted by molar-refractivity contribution is -0.895. The van der Waals surface area contributed by atoms with Crippen LogP contribution < -0.4 is 14.7 Å². The van der Waals surface area contributed by atoms with Crippen molar-refractivity contribution in [3.8, 4) is 6.07 Å². The molecule has 0 aliphatic carbocycles. The molecule has 1 fully saturated rings. The predicted octanol–water partition coefficient (Wildman–Crippen LogP) is -0.376. The summed E-state index contributed by atoms with van der Waals surface area (Å²) in [7, 11) is 3.75. The number of carbonyl (C=O) groups is 2. The van der Waals surface area contributed by atoms with E-state index in [1.165, 1.54) is 0 Å². The minimum absolute atomic E-state index is 0.0715. The topological polar surface area (TPSA) is 72.1 Å². The molecule has 1 N–H and O–H groups in total. The minimum atomic E-state index is -0.153. The molecular formula is C19H24N5O2+. The summed E-state index contributed by atoms with van der Waals surface area (Å²) in [5.41, 5.74) is 2.15. The van der Waals surface area contributed by atoms with Crippen molar-refractivity contribution in [3.63, 3.8) is 0 Å². The Kier molecular flexibility index (Phi) is 4.96. The minimum Gasteiger partial charge on any atom is -0.332 e. The Morgan fingerprint density at radius 1 is 1.12 bits per heavy atom. The van der Waals surface area contributed by atoms with Crippen LogP contribution in [-0.2, 0) is 9.59 Å². The Morgan fingerprint density at radius 2 is 1.65 bits per heavy atom. The molecule has 2 aliphatic heterocycles. The van der Waals surface area contributed by atoms with Crippen molar-refractivity contribution in [3.05, 3.63) is 35.7 Å². The van der Waals surface area contributed by atoms with Gasteiger partial charge < -0.3 is 19.6 Å². The molecule has 1 aromatic rings. The second-order valence-corrected chi connectivity index (χ2v) is 6.77. The van der Waals surface area contributed by atoms with Crippen LogP contribution in [-0.4, -0.2) is 63.4 Å².